The summed E-state index contributed by atoms with van der Waals surface area (Å²) in [6.07, 6.45) is 12.2. The molecule has 1 aromatic rings. The van der Waals surface area contributed by atoms with Crippen molar-refractivity contribution in [1.82, 2.24) is 15.2 Å². The molecule has 2 atom stereocenters. The van der Waals surface area contributed by atoms with Crippen LogP contribution in [0.2, 0.25) is 0 Å². The smallest absolute Gasteiger partial charge is 0.306 e. The van der Waals surface area contributed by atoms with E-state index >= 15 is 0 Å². The largest absolute Gasteiger partial charge is 0.460 e. The maximum absolute atomic E-state index is 12.5. The average molecular weight is 419 g/mol. The lowest BCUT2D eigenvalue weighted by atomic mass is 9.84. The van der Waals surface area contributed by atoms with Crippen LogP contribution in [-0.2, 0) is 14.4 Å². The van der Waals surface area contributed by atoms with E-state index in [1.807, 2.05) is 20.8 Å². The van der Waals surface area contributed by atoms with Gasteiger partial charge in [-0.25, -0.2) is 19.8 Å². The molecule has 0 aromatic carbocycles. The van der Waals surface area contributed by atoms with Gasteiger partial charge in [-0.1, -0.05) is 44.9 Å². The minimum Gasteiger partial charge on any atom is -0.460 e. The van der Waals surface area contributed by atoms with Crippen LogP contribution in [0.4, 0.5) is 0 Å². The zero-order chi connectivity index (χ0) is 21.6. The summed E-state index contributed by atoms with van der Waals surface area (Å²) in [7, 11) is 0. The maximum Gasteiger partial charge on any atom is 0.306 e. The number of rotatable bonds is 8. The van der Waals surface area contributed by atoms with E-state index in [4.69, 9.17) is 9.57 Å². The molecule has 30 heavy (non-hydrogen) atoms. The molecule has 1 saturated carbocycles. The van der Waals surface area contributed by atoms with E-state index in [-0.39, 0.29) is 30.0 Å². The minimum absolute atomic E-state index is 0.155. The molecule has 1 N–H and O–H groups in total. The predicted molar refractivity (Wildman–Crippen MR) is 111 cm³/mol. The summed E-state index contributed by atoms with van der Waals surface area (Å²) in [5.41, 5.74) is -0.546. The van der Waals surface area contributed by atoms with Crippen LogP contribution in [0.1, 0.15) is 84.4 Å². The third-order valence-electron chi connectivity index (χ3n) is 5.57. The van der Waals surface area contributed by atoms with E-state index in [2.05, 4.69) is 15.0 Å². The summed E-state index contributed by atoms with van der Waals surface area (Å²) in [6, 6.07) is 1.69. The van der Waals surface area contributed by atoms with Gasteiger partial charge in [-0.3, -0.25) is 10.0 Å². The highest BCUT2D eigenvalue weighted by Gasteiger charge is 2.36. The molecule has 1 aromatic heterocycles. The van der Waals surface area contributed by atoms with Crippen molar-refractivity contribution in [2.75, 3.05) is 0 Å². The molecule has 0 saturated heterocycles. The number of ether oxygens (including phenoxy) is 1. The number of amidine groups is 1. The Balaban J connectivity index is 1.66. The molecule has 0 radical (unpaired) electrons. The number of aromatic nitrogens is 2. The van der Waals surface area contributed by atoms with Gasteiger partial charge in [0.25, 0.3) is 0 Å². The second kappa shape index (κ2) is 10.3. The maximum atomic E-state index is 12.5. The standard InChI is InChI=1S/C22H34N4O4/c1-22(2,3)29-18(27)15-17(12-7-11-16-9-5-4-6-10-16)21-25-20(26(28)30-21)19-23-13-8-14-24-19/h8,13-14,16-17,21,28H,4-7,9-12,15H2,1-3H3/t17-,21?/m1/s1. The quantitative estimate of drug-likeness (QED) is 0.629. The first kappa shape index (κ1) is 22.6. The fourth-order valence-electron chi connectivity index (χ4n) is 4.18. The van der Waals surface area contributed by atoms with Gasteiger partial charge in [-0.05, 0) is 39.2 Å². The van der Waals surface area contributed by atoms with Crippen LogP contribution in [0.3, 0.4) is 0 Å². The number of carbonyl (C=O) groups is 1. The van der Waals surface area contributed by atoms with Gasteiger partial charge in [0.1, 0.15) is 5.60 Å². The average Bonchev–Trinajstić information content (AvgIpc) is 3.09. The molecule has 2 aliphatic rings. The highest BCUT2D eigenvalue weighted by Crippen LogP contribution is 2.31. The lowest BCUT2D eigenvalue weighted by Crippen LogP contribution is -2.30. The van der Waals surface area contributed by atoms with Crippen LogP contribution in [0, 0.1) is 11.8 Å². The fraction of sp³-hybridized carbons (Fsp3) is 0.727. The second-order valence-electron chi connectivity index (χ2n) is 9.28. The summed E-state index contributed by atoms with van der Waals surface area (Å²) < 4.78 is 5.52. The first-order valence-corrected chi connectivity index (χ1v) is 11.0. The molecule has 0 amide bonds. The molecule has 8 heteroatoms. The number of hydroxylamine groups is 2. The van der Waals surface area contributed by atoms with Crippen molar-refractivity contribution >= 4 is 11.8 Å². The Kier molecular flexibility index (Phi) is 7.77. The van der Waals surface area contributed by atoms with Gasteiger partial charge in [0, 0.05) is 18.3 Å². The lowest BCUT2D eigenvalue weighted by molar-refractivity contribution is -0.299. The molecular weight excluding hydrogens is 384 g/mol. The van der Waals surface area contributed by atoms with Crippen LogP contribution in [0.25, 0.3) is 0 Å². The van der Waals surface area contributed by atoms with Gasteiger partial charge in [-0.15, -0.1) is 5.23 Å². The summed E-state index contributed by atoms with van der Waals surface area (Å²) in [6.45, 7) is 5.56. The van der Waals surface area contributed by atoms with Crippen LogP contribution < -0.4 is 0 Å². The Morgan fingerprint density at radius 2 is 1.97 bits per heavy atom. The zero-order valence-corrected chi connectivity index (χ0v) is 18.3. The van der Waals surface area contributed by atoms with Crippen LogP contribution in [0.5, 0.6) is 0 Å². The first-order valence-electron chi connectivity index (χ1n) is 11.0. The monoisotopic (exact) mass is 418 g/mol. The highest BCUT2D eigenvalue weighted by atomic mass is 16.9. The number of nitrogens with zero attached hydrogens (tertiary/aromatic N) is 4. The SMILES string of the molecule is CC(C)(C)OC(=O)C[C@@H](CCCC1CCCCC1)C1N=C(c2ncccn2)N(O)O1. The summed E-state index contributed by atoms with van der Waals surface area (Å²) in [4.78, 5) is 30.8. The third kappa shape index (κ3) is 6.74. The van der Waals surface area contributed by atoms with E-state index in [9.17, 15) is 10.0 Å². The summed E-state index contributed by atoms with van der Waals surface area (Å²) in [5, 5.41) is 10.8. The van der Waals surface area contributed by atoms with Gasteiger partial charge in [0.05, 0.1) is 6.42 Å². The lowest BCUT2D eigenvalue weighted by Gasteiger charge is -2.25. The molecular formula is C22H34N4O4. The Morgan fingerprint density at radius 1 is 1.27 bits per heavy atom. The van der Waals surface area contributed by atoms with Crippen LogP contribution in [0.15, 0.2) is 23.5 Å². The van der Waals surface area contributed by atoms with Crippen molar-refractivity contribution in [3.63, 3.8) is 0 Å². The van der Waals surface area contributed by atoms with E-state index in [0.717, 1.165) is 25.2 Å². The summed E-state index contributed by atoms with van der Waals surface area (Å²) in [5.74, 6) is 0.733. The van der Waals surface area contributed by atoms with Crippen molar-refractivity contribution in [3.8, 4) is 0 Å². The van der Waals surface area contributed by atoms with Crippen molar-refractivity contribution in [2.24, 2.45) is 16.8 Å². The highest BCUT2D eigenvalue weighted by molar-refractivity contribution is 5.94. The fourth-order valence-corrected chi connectivity index (χ4v) is 4.18. The van der Waals surface area contributed by atoms with Crippen LogP contribution in [-0.4, -0.2) is 44.0 Å². The van der Waals surface area contributed by atoms with Gasteiger partial charge >= 0.3 is 5.97 Å². The number of hydrogen-bond donors (Lipinski definition) is 1. The molecule has 1 fully saturated rings. The molecule has 1 unspecified atom stereocenters. The Labute approximate surface area is 178 Å². The van der Waals surface area contributed by atoms with Gasteiger partial charge < -0.3 is 4.74 Å². The van der Waals surface area contributed by atoms with Gasteiger partial charge in [0.2, 0.25) is 5.84 Å². The third-order valence-corrected chi connectivity index (χ3v) is 5.57. The van der Waals surface area contributed by atoms with E-state index in [1.54, 1.807) is 18.5 Å². The van der Waals surface area contributed by atoms with Crippen molar-refractivity contribution in [2.45, 2.75) is 90.4 Å². The molecule has 2 heterocycles. The normalized spacial score (nSPS) is 21.4. The van der Waals surface area contributed by atoms with Gasteiger partial charge in [0.15, 0.2) is 12.1 Å². The van der Waals surface area contributed by atoms with Crippen molar-refractivity contribution < 1.29 is 19.6 Å². The topological polar surface area (TPSA) is 97.1 Å². The second-order valence-corrected chi connectivity index (χ2v) is 9.28. The molecule has 1 aliphatic carbocycles. The van der Waals surface area contributed by atoms with Crippen LogP contribution >= 0.6 is 0 Å². The Hall–Kier alpha value is -2.06. The Bertz CT molecular complexity index is 714. The van der Waals surface area contributed by atoms with E-state index in [0.29, 0.717) is 5.23 Å². The zero-order valence-electron chi connectivity index (χ0n) is 18.3. The number of carbonyl (C=O) groups excluding carboxylic acids is 1. The molecule has 166 valence electrons. The molecule has 0 bridgehead atoms. The van der Waals surface area contributed by atoms with Crippen molar-refractivity contribution in [1.29, 1.82) is 0 Å². The molecule has 3 rings (SSSR count). The number of aliphatic imine (C=N–C) groups is 1. The summed E-state index contributed by atoms with van der Waals surface area (Å²) >= 11 is 0. The molecule has 8 nitrogen and oxygen atoms in total. The first-order chi connectivity index (χ1) is 14.3. The number of hydrogen-bond acceptors (Lipinski definition) is 8. The molecule has 0 spiro atoms. The predicted octanol–water partition coefficient (Wildman–Crippen LogP) is 4.28. The molecule has 1 aliphatic heterocycles. The van der Waals surface area contributed by atoms with Gasteiger partial charge in [-0.2, -0.15) is 0 Å². The number of esters is 1. The Morgan fingerprint density at radius 3 is 2.63 bits per heavy atom. The minimum atomic E-state index is -0.673. The van der Waals surface area contributed by atoms with Crippen molar-refractivity contribution in [3.05, 3.63) is 24.3 Å². The van der Waals surface area contributed by atoms with E-state index < -0.39 is 11.8 Å². The van der Waals surface area contributed by atoms with E-state index in [1.165, 1.54) is 32.1 Å².